The fraction of sp³-hybridized carbons (Fsp3) is 0.500. The Balaban J connectivity index is 1.97. The van der Waals surface area contributed by atoms with Crippen LogP contribution in [-0.4, -0.2) is 55.2 Å². The molecule has 1 heterocycles. The number of aliphatic carboxylic acids is 1. The summed E-state index contributed by atoms with van der Waals surface area (Å²) in [6.45, 7) is 3.41. The Labute approximate surface area is 145 Å². The molecule has 0 radical (unpaired) electrons. The van der Waals surface area contributed by atoms with Gasteiger partial charge in [0.05, 0.1) is 12.2 Å². The van der Waals surface area contributed by atoms with Crippen molar-refractivity contribution in [3.63, 3.8) is 0 Å². The molecule has 2 rings (SSSR count). The van der Waals surface area contributed by atoms with E-state index in [0.717, 1.165) is 0 Å². The Bertz CT molecular complexity index is 647. The molecule has 0 aliphatic carbocycles. The molecule has 1 saturated heterocycles. The van der Waals surface area contributed by atoms with Crippen LogP contribution in [0.5, 0.6) is 0 Å². The molecular formula is C16H21O8P. The Morgan fingerprint density at radius 1 is 1.32 bits per heavy atom. The van der Waals surface area contributed by atoms with Crippen LogP contribution in [0.2, 0.25) is 0 Å². The molecule has 138 valence electrons. The number of carbonyl (C=O) groups excluding carboxylic acids is 1. The largest absolute Gasteiger partial charge is 0.479 e. The third kappa shape index (κ3) is 5.64. The minimum atomic E-state index is -2.94. The Morgan fingerprint density at radius 2 is 2.00 bits per heavy atom. The van der Waals surface area contributed by atoms with Crippen molar-refractivity contribution in [1.29, 1.82) is 0 Å². The fourth-order valence-corrected chi connectivity index (χ4v) is 3.42. The van der Waals surface area contributed by atoms with Crippen molar-refractivity contribution in [2.75, 3.05) is 19.6 Å². The van der Waals surface area contributed by atoms with E-state index < -0.39 is 37.8 Å². The van der Waals surface area contributed by atoms with E-state index in [1.807, 2.05) is 0 Å². The van der Waals surface area contributed by atoms with Crippen molar-refractivity contribution >= 4 is 19.3 Å². The molecule has 1 aliphatic heterocycles. The second-order valence-corrected chi connectivity index (χ2v) is 8.14. The number of hydrogen-bond acceptors (Lipinski definition) is 7. The first-order chi connectivity index (χ1) is 11.8. The zero-order valence-corrected chi connectivity index (χ0v) is 14.9. The molecular weight excluding hydrogens is 351 g/mol. The minimum absolute atomic E-state index is 0.0294. The third-order valence-electron chi connectivity index (χ3n) is 3.47. The number of ether oxygens (including phenoxy) is 3. The van der Waals surface area contributed by atoms with Crippen LogP contribution in [0.15, 0.2) is 30.3 Å². The first-order valence-electron chi connectivity index (χ1n) is 7.79. The summed E-state index contributed by atoms with van der Waals surface area (Å²) in [5.74, 6) is -1.90. The lowest BCUT2D eigenvalue weighted by molar-refractivity contribution is -0.168. The van der Waals surface area contributed by atoms with E-state index in [1.54, 1.807) is 37.3 Å². The zero-order valence-electron chi connectivity index (χ0n) is 14.0. The highest BCUT2D eigenvalue weighted by Gasteiger charge is 2.43. The molecule has 8 nitrogen and oxygen atoms in total. The summed E-state index contributed by atoms with van der Waals surface area (Å²) in [6, 6.07) is 8.24. The van der Waals surface area contributed by atoms with Crippen LogP contribution in [0.25, 0.3) is 0 Å². The summed E-state index contributed by atoms with van der Waals surface area (Å²) < 4.78 is 33.0. The van der Waals surface area contributed by atoms with Crippen LogP contribution in [0, 0.1) is 0 Å². The first kappa shape index (κ1) is 19.6. The first-order valence-corrected chi connectivity index (χ1v) is 10.0. The SMILES string of the molecule is CCOP(C)(=O)CO[C@@H]1C[C@H](OC(=O)c2ccccc2)[C@@H](C(=O)O)O1. The second kappa shape index (κ2) is 8.58. The van der Waals surface area contributed by atoms with Crippen LogP contribution in [0.1, 0.15) is 23.7 Å². The maximum atomic E-state index is 12.1. The number of carbonyl (C=O) groups is 2. The van der Waals surface area contributed by atoms with Gasteiger partial charge in [-0.05, 0) is 19.1 Å². The minimum Gasteiger partial charge on any atom is -0.479 e. The highest BCUT2D eigenvalue weighted by Crippen LogP contribution is 2.43. The van der Waals surface area contributed by atoms with Gasteiger partial charge in [-0.1, -0.05) is 18.2 Å². The third-order valence-corrected chi connectivity index (χ3v) is 4.89. The van der Waals surface area contributed by atoms with Crippen LogP contribution < -0.4 is 0 Å². The zero-order chi connectivity index (χ0) is 18.4. The predicted octanol–water partition coefficient (Wildman–Crippen LogP) is 2.33. The van der Waals surface area contributed by atoms with Crippen molar-refractivity contribution in [2.45, 2.75) is 31.8 Å². The van der Waals surface area contributed by atoms with Gasteiger partial charge in [-0.15, -0.1) is 0 Å². The highest BCUT2D eigenvalue weighted by atomic mass is 31.2. The van der Waals surface area contributed by atoms with Gasteiger partial charge in [0.1, 0.15) is 12.5 Å². The number of carboxylic acid groups (broad SMARTS) is 1. The molecule has 1 fully saturated rings. The van der Waals surface area contributed by atoms with Gasteiger partial charge in [0.2, 0.25) is 7.37 Å². The molecule has 1 aromatic rings. The molecule has 0 saturated carbocycles. The number of hydrogen-bond donors (Lipinski definition) is 1. The summed E-state index contributed by atoms with van der Waals surface area (Å²) in [5.41, 5.74) is 0.311. The normalized spacial score (nSPS) is 25.3. The lowest BCUT2D eigenvalue weighted by Gasteiger charge is -2.16. The Kier molecular flexibility index (Phi) is 6.72. The molecule has 0 spiro atoms. The molecule has 25 heavy (non-hydrogen) atoms. The van der Waals surface area contributed by atoms with Gasteiger partial charge in [-0.25, -0.2) is 9.59 Å². The quantitative estimate of drug-likeness (QED) is 0.547. The van der Waals surface area contributed by atoms with Gasteiger partial charge in [-0.2, -0.15) is 0 Å². The van der Waals surface area contributed by atoms with Crippen molar-refractivity contribution in [3.05, 3.63) is 35.9 Å². The van der Waals surface area contributed by atoms with Gasteiger partial charge in [0.15, 0.2) is 12.4 Å². The molecule has 1 N–H and O–H groups in total. The van der Waals surface area contributed by atoms with Crippen LogP contribution in [0.3, 0.4) is 0 Å². The average Bonchev–Trinajstić information content (AvgIpc) is 2.97. The summed E-state index contributed by atoms with van der Waals surface area (Å²) in [4.78, 5) is 23.4. The van der Waals surface area contributed by atoms with E-state index in [0.29, 0.717) is 5.56 Å². The maximum absolute atomic E-state index is 12.1. The van der Waals surface area contributed by atoms with Gasteiger partial charge in [0, 0.05) is 13.1 Å². The number of rotatable bonds is 8. The second-order valence-electron chi connectivity index (χ2n) is 5.60. The molecule has 4 atom stereocenters. The fourth-order valence-electron chi connectivity index (χ4n) is 2.36. The summed E-state index contributed by atoms with van der Waals surface area (Å²) in [6.07, 6.45) is -3.47. The predicted molar refractivity (Wildman–Crippen MR) is 87.7 cm³/mol. The van der Waals surface area contributed by atoms with E-state index in [1.165, 1.54) is 6.66 Å². The summed E-state index contributed by atoms with van der Waals surface area (Å²) in [7, 11) is -2.94. The number of esters is 1. The topological polar surface area (TPSA) is 108 Å². The smallest absolute Gasteiger partial charge is 0.338 e. The monoisotopic (exact) mass is 372 g/mol. The van der Waals surface area contributed by atoms with E-state index >= 15 is 0 Å². The maximum Gasteiger partial charge on any atom is 0.338 e. The lowest BCUT2D eigenvalue weighted by atomic mass is 10.1. The van der Waals surface area contributed by atoms with E-state index in [9.17, 15) is 19.3 Å². The highest BCUT2D eigenvalue weighted by molar-refractivity contribution is 7.57. The molecule has 0 amide bonds. The van der Waals surface area contributed by atoms with E-state index in [4.69, 9.17) is 18.7 Å². The van der Waals surface area contributed by atoms with Crippen molar-refractivity contribution in [1.82, 2.24) is 0 Å². The summed E-state index contributed by atoms with van der Waals surface area (Å²) in [5, 5.41) is 9.25. The average molecular weight is 372 g/mol. The van der Waals surface area contributed by atoms with Crippen LogP contribution in [-0.2, 0) is 28.1 Å². The molecule has 1 unspecified atom stereocenters. The molecule has 1 aromatic carbocycles. The Morgan fingerprint density at radius 3 is 2.60 bits per heavy atom. The molecule has 1 aliphatic rings. The van der Waals surface area contributed by atoms with E-state index in [2.05, 4.69) is 0 Å². The number of benzene rings is 1. The van der Waals surface area contributed by atoms with Gasteiger partial charge in [0.25, 0.3) is 0 Å². The van der Waals surface area contributed by atoms with Crippen LogP contribution >= 0.6 is 7.37 Å². The van der Waals surface area contributed by atoms with Crippen molar-refractivity contribution < 1.29 is 38.0 Å². The Hall–Kier alpha value is -1.73. The van der Waals surface area contributed by atoms with Gasteiger partial charge in [-0.3, -0.25) is 4.57 Å². The number of carboxylic acids is 1. The molecule has 9 heteroatoms. The van der Waals surface area contributed by atoms with Crippen molar-refractivity contribution in [2.24, 2.45) is 0 Å². The van der Waals surface area contributed by atoms with Gasteiger partial charge >= 0.3 is 11.9 Å². The van der Waals surface area contributed by atoms with Crippen molar-refractivity contribution in [3.8, 4) is 0 Å². The van der Waals surface area contributed by atoms with Gasteiger partial charge < -0.3 is 23.8 Å². The standard InChI is InChI=1S/C16H21O8P/c1-3-22-25(2,20)10-21-13-9-12(14(24-13)15(17)18)23-16(19)11-7-5-4-6-8-11/h4-8,12-14H,3,9-10H2,1-2H3,(H,17,18)/t12-,13-,14-,25?/m0/s1. The summed E-state index contributed by atoms with van der Waals surface area (Å²) >= 11 is 0. The van der Waals surface area contributed by atoms with E-state index in [-0.39, 0.29) is 19.4 Å². The van der Waals surface area contributed by atoms with Crippen LogP contribution in [0.4, 0.5) is 0 Å². The lowest BCUT2D eigenvalue weighted by Crippen LogP contribution is -2.34. The molecule has 0 aromatic heterocycles. The molecule has 0 bridgehead atoms.